The highest BCUT2D eigenvalue weighted by Gasteiger charge is 2.28. The number of carbonyl (C=O) groups is 1. The molecule has 3 rings (SSSR count). The van der Waals surface area contributed by atoms with Crippen molar-refractivity contribution >= 4 is 17.4 Å². The number of para-hydroxylation sites is 1. The van der Waals surface area contributed by atoms with Crippen molar-refractivity contribution < 1.29 is 9.53 Å². The van der Waals surface area contributed by atoms with Crippen molar-refractivity contribution in [2.45, 2.75) is 26.3 Å². The molecule has 1 N–H and O–H groups in total. The molecule has 126 valence electrons. The second kappa shape index (κ2) is 6.97. The van der Waals surface area contributed by atoms with Crippen LogP contribution < -0.4 is 10.2 Å². The molecule has 24 heavy (non-hydrogen) atoms. The molecule has 1 aromatic carbocycles. The number of aromatic nitrogens is 2. The summed E-state index contributed by atoms with van der Waals surface area (Å²) in [6, 6.07) is 10.4. The van der Waals surface area contributed by atoms with Gasteiger partial charge in [-0.05, 0) is 31.9 Å². The topological polar surface area (TPSA) is 67.3 Å². The number of aryl methyl sites for hydroxylation is 1. The Morgan fingerprint density at radius 2 is 2.17 bits per heavy atom. The predicted octanol–water partition coefficient (Wildman–Crippen LogP) is 2.24. The first kappa shape index (κ1) is 16.4. The number of hydrogen-bond acceptors (Lipinski definition) is 5. The van der Waals surface area contributed by atoms with Crippen molar-refractivity contribution in [2.24, 2.45) is 0 Å². The Labute approximate surface area is 141 Å². The first-order valence-electron chi connectivity index (χ1n) is 8.10. The molecule has 0 spiro atoms. The van der Waals surface area contributed by atoms with Gasteiger partial charge in [0.15, 0.2) is 0 Å². The standard InChI is InChI=1S/C18H22N4O2/c1-12-10-14-6-4-5-7-16(14)22(12)17-11-15(20-13(2)21-17)18(23)19-8-9-24-3/h4-7,11-12H,8-10H2,1-3H3,(H,19,23). The van der Waals surface area contributed by atoms with Crippen molar-refractivity contribution in [1.82, 2.24) is 15.3 Å². The Morgan fingerprint density at radius 3 is 2.96 bits per heavy atom. The Kier molecular flexibility index (Phi) is 4.76. The number of hydrogen-bond donors (Lipinski definition) is 1. The second-order valence-corrected chi connectivity index (χ2v) is 5.96. The van der Waals surface area contributed by atoms with Gasteiger partial charge in [0.25, 0.3) is 5.91 Å². The Balaban J connectivity index is 1.90. The molecule has 2 heterocycles. The van der Waals surface area contributed by atoms with E-state index in [0.29, 0.717) is 30.7 Å². The SMILES string of the molecule is COCCNC(=O)c1cc(N2c3ccccc3CC2C)nc(C)n1. The van der Waals surface area contributed by atoms with Crippen LogP contribution in [0.4, 0.5) is 11.5 Å². The van der Waals surface area contributed by atoms with Gasteiger partial charge in [0.05, 0.1) is 6.61 Å². The highest BCUT2D eigenvalue weighted by atomic mass is 16.5. The lowest BCUT2D eigenvalue weighted by molar-refractivity contribution is 0.0931. The van der Waals surface area contributed by atoms with Crippen LogP contribution in [-0.2, 0) is 11.2 Å². The number of rotatable bonds is 5. The third-order valence-corrected chi connectivity index (χ3v) is 4.10. The predicted molar refractivity (Wildman–Crippen MR) is 92.7 cm³/mol. The van der Waals surface area contributed by atoms with Crippen LogP contribution >= 0.6 is 0 Å². The second-order valence-electron chi connectivity index (χ2n) is 5.96. The van der Waals surface area contributed by atoms with Crippen molar-refractivity contribution in [3.63, 3.8) is 0 Å². The molecule has 0 fully saturated rings. The molecular formula is C18H22N4O2. The Morgan fingerprint density at radius 1 is 1.38 bits per heavy atom. The van der Waals surface area contributed by atoms with E-state index in [0.717, 1.165) is 17.9 Å². The smallest absolute Gasteiger partial charge is 0.270 e. The molecule has 1 aliphatic heterocycles. The van der Waals surface area contributed by atoms with Crippen LogP contribution in [0, 0.1) is 6.92 Å². The van der Waals surface area contributed by atoms with E-state index >= 15 is 0 Å². The highest BCUT2D eigenvalue weighted by molar-refractivity contribution is 5.93. The van der Waals surface area contributed by atoms with E-state index in [1.165, 1.54) is 5.56 Å². The lowest BCUT2D eigenvalue weighted by Gasteiger charge is -2.24. The molecule has 0 aliphatic carbocycles. The first-order valence-corrected chi connectivity index (χ1v) is 8.10. The van der Waals surface area contributed by atoms with Crippen LogP contribution in [0.25, 0.3) is 0 Å². The van der Waals surface area contributed by atoms with Gasteiger partial charge in [-0.1, -0.05) is 18.2 Å². The monoisotopic (exact) mass is 326 g/mol. The number of benzene rings is 1. The van der Waals surface area contributed by atoms with E-state index in [1.54, 1.807) is 13.2 Å². The summed E-state index contributed by atoms with van der Waals surface area (Å²) in [5, 5.41) is 2.80. The molecule has 0 bridgehead atoms. The molecule has 1 aromatic heterocycles. The summed E-state index contributed by atoms with van der Waals surface area (Å²) in [6.45, 7) is 4.90. The van der Waals surface area contributed by atoms with Gasteiger partial charge in [-0.2, -0.15) is 0 Å². The van der Waals surface area contributed by atoms with Gasteiger partial charge in [0.2, 0.25) is 0 Å². The van der Waals surface area contributed by atoms with Crippen molar-refractivity contribution in [3.05, 3.63) is 47.4 Å². The molecule has 6 nitrogen and oxygen atoms in total. The maximum Gasteiger partial charge on any atom is 0.270 e. The summed E-state index contributed by atoms with van der Waals surface area (Å²) >= 11 is 0. The summed E-state index contributed by atoms with van der Waals surface area (Å²) in [4.78, 5) is 23.3. The lowest BCUT2D eigenvalue weighted by atomic mass is 10.1. The largest absolute Gasteiger partial charge is 0.383 e. The summed E-state index contributed by atoms with van der Waals surface area (Å²) in [5.74, 6) is 1.14. The minimum absolute atomic E-state index is 0.209. The van der Waals surface area contributed by atoms with Crippen molar-refractivity contribution in [1.29, 1.82) is 0 Å². The number of carbonyl (C=O) groups excluding carboxylic acids is 1. The molecule has 1 aliphatic rings. The number of methoxy groups -OCH3 is 1. The maximum absolute atomic E-state index is 12.3. The van der Waals surface area contributed by atoms with E-state index < -0.39 is 0 Å². The zero-order chi connectivity index (χ0) is 17.1. The minimum atomic E-state index is -0.209. The zero-order valence-corrected chi connectivity index (χ0v) is 14.2. The molecule has 1 amide bonds. The third kappa shape index (κ3) is 3.23. The van der Waals surface area contributed by atoms with E-state index in [4.69, 9.17) is 4.74 Å². The molecule has 0 radical (unpaired) electrons. The number of anilines is 2. The molecule has 0 saturated heterocycles. The molecule has 1 atom stereocenters. The molecule has 1 unspecified atom stereocenters. The van der Waals surface area contributed by atoms with E-state index in [1.807, 2.05) is 13.0 Å². The Bertz CT molecular complexity index is 748. The van der Waals surface area contributed by atoms with Gasteiger partial charge in [0, 0.05) is 31.5 Å². The zero-order valence-electron chi connectivity index (χ0n) is 14.2. The fourth-order valence-electron chi connectivity index (χ4n) is 3.06. The van der Waals surface area contributed by atoms with Crippen LogP contribution in [0.5, 0.6) is 0 Å². The molecule has 6 heteroatoms. The van der Waals surface area contributed by atoms with Gasteiger partial charge >= 0.3 is 0 Å². The van der Waals surface area contributed by atoms with Crippen LogP contribution in [-0.4, -0.2) is 42.2 Å². The van der Waals surface area contributed by atoms with Crippen LogP contribution in [0.1, 0.15) is 28.8 Å². The summed E-state index contributed by atoms with van der Waals surface area (Å²) in [7, 11) is 1.60. The van der Waals surface area contributed by atoms with Gasteiger partial charge in [-0.3, -0.25) is 4.79 Å². The number of amides is 1. The number of nitrogens with one attached hydrogen (secondary N) is 1. The molecular weight excluding hydrogens is 304 g/mol. The van der Waals surface area contributed by atoms with Crippen LogP contribution in [0.15, 0.2) is 30.3 Å². The average molecular weight is 326 g/mol. The average Bonchev–Trinajstić information content (AvgIpc) is 2.90. The van der Waals surface area contributed by atoms with E-state index in [2.05, 4.69) is 45.3 Å². The number of nitrogens with zero attached hydrogens (tertiary/aromatic N) is 3. The third-order valence-electron chi connectivity index (χ3n) is 4.10. The summed E-state index contributed by atoms with van der Waals surface area (Å²) < 4.78 is 4.95. The fourth-order valence-corrected chi connectivity index (χ4v) is 3.06. The van der Waals surface area contributed by atoms with Gasteiger partial charge in [-0.15, -0.1) is 0 Å². The molecule has 2 aromatic rings. The van der Waals surface area contributed by atoms with Gasteiger partial charge in [0.1, 0.15) is 17.3 Å². The lowest BCUT2D eigenvalue weighted by Crippen LogP contribution is -2.29. The van der Waals surface area contributed by atoms with Crippen molar-refractivity contribution in [2.75, 3.05) is 25.2 Å². The minimum Gasteiger partial charge on any atom is -0.383 e. The first-order chi connectivity index (χ1) is 11.6. The van der Waals surface area contributed by atoms with Crippen molar-refractivity contribution in [3.8, 4) is 0 Å². The number of fused-ring (bicyclic) bond motifs is 1. The van der Waals surface area contributed by atoms with E-state index in [9.17, 15) is 4.79 Å². The van der Waals surface area contributed by atoms with Crippen LogP contribution in [0.2, 0.25) is 0 Å². The maximum atomic E-state index is 12.3. The Hall–Kier alpha value is -2.47. The highest BCUT2D eigenvalue weighted by Crippen LogP contribution is 2.37. The number of ether oxygens (including phenoxy) is 1. The van der Waals surface area contributed by atoms with Gasteiger partial charge < -0.3 is 15.0 Å². The van der Waals surface area contributed by atoms with Gasteiger partial charge in [-0.25, -0.2) is 9.97 Å². The fraction of sp³-hybridized carbons (Fsp3) is 0.389. The summed E-state index contributed by atoms with van der Waals surface area (Å²) in [5.41, 5.74) is 2.83. The quantitative estimate of drug-likeness (QED) is 0.854. The summed E-state index contributed by atoms with van der Waals surface area (Å²) in [6.07, 6.45) is 0.967. The van der Waals surface area contributed by atoms with Crippen LogP contribution in [0.3, 0.4) is 0 Å². The molecule has 0 saturated carbocycles. The normalized spacial score (nSPS) is 16.1. The van der Waals surface area contributed by atoms with E-state index in [-0.39, 0.29) is 5.91 Å².